The average molecular weight is 260 g/mol. The molecule has 1 heterocycles. The first-order valence-electron chi connectivity index (χ1n) is 5.93. The van der Waals surface area contributed by atoms with E-state index in [-0.39, 0.29) is 31.5 Å². The Bertz CT molecular complexity index is 279. The van der Waals surface area contributed by atoms with Crippen LogP contribution in [0.1, 0.15) is 6.42 Å². The van der Waals surface area contributed by atoms with Gasteiger partial charge < -0.3 is 24.8 Å². The maximum Gasteiger partial charge on any atom is 0.323 e. The second kappa shape index (κ2) is 8.02. The van der Waals surface area contributed by atoms with E-state index in [0.29, 0.717) is 19.8 Å². The molecule has 0 aromatic heterocycles. The molecule has 7 heteroatoms. The van der Waals surface area contributed by atoms with Gasteiger partial charge in [-0.05, 0) is 0 Å². The highest BCUT2D eigenvalue weighted by Crippen LogP contribution is 2.03. The number of hydrogen-bond acceptors (Lipinski definition) is 5. The van der Waals surface area contributed by atoms with Gasteiger partial charge in [0.15, 0.2) is 0 Å². The quantitative estimate of drug-likeness (QED) is 0.605. The third kappa shape index (κ3) is 5.44. The molecule has 2 N–H and O–H groups in total. The Morgan fingerprint density at radius 1 is 1.56 bits per heavy atom. The first kappa shape index (κ1) is 14.9. The Balaban J connectivity index is 2.43. The topological polar surface area (TPSA) is 88.1 Å². The number of hydrogen-bond donors (Lipinski definition) is 2. The fourth-order valence-electron chi connectivity index (χ4n) is 1.75. The van der Waals surface area contributed by atoms with Crippen LogP contribution in [0.5, 0.6) is 0 Å². The van der Waals surface area contributed by atoms with Crippen LogP contribution in [-0.4, -0.2) is 74.5 Å². The van der Waals surface area contributed by atoms with Gasteiger partial charge in [0.25, 0.3) is 0 Å². The number of carbonyl (C=O) groups is 2. The lowest BCUT2D eigenvalue weighted by Crippen LogP contribution is -2.46. The van der Waals surface area contributed by atoms with Gasteiger partial charge in [0, 0.05) is 32.7 Å². The van der Waals surface area contributed by atoms with E-state index in [9.17, 15) is 9.59 Å². The van der Waals surface area contributed by atoms with Gasteiger partial charge in [-0.3, -0.25) is 9.59 Å². The van der Waals surface area contributed by atoms with Gasteiger partial charge in [0.05, 0.1) is 19.8 Å². The number of aliphatic carboxylic acids is 1. The molecular weight excluding hydrogens is 240 g/mol. The van der Waals surface area contributed by atoms with E-state index < -0.39 is 5.97 Å². The molecule has 1 fully saturated rings. The molecule has 1 rings (SSSR count). The normalized spacial score (nSPS) is 19.5. The summed E-state index contributed by atoms with van der Waals surface area (Å²) in [5, 5.41) is 11.9. The number of nitrogens with zero attached hydrogens (tertiary/aromatic N) is 1. The lowest BCUT2D eigenvalue weighted by atomic mass is 10.2. The molecule has 0 spiro atoms. The highest BCUT2D eigenvalue weighted by molar-refractivity contribution is 5.81. The highest BCUT2D eigenvalue weighted by Gasteiger charge is 2.22. The Morgan fingerprint density at radius 3 is 2.89 bits per heavy atom. The van der Waals surface area contributed by atoms with Gasteiger partial charge in [-0.15, -0.1) is 0 Å². The maximum absolute atomic E-state index is 12.0. The van der Waals surface area contributed by atoms with Crippen molar-refractivity contribution in [2.45, 2.75) is 12.5 Å². The Labute approximate surface area is 106 Å². The highest BCUT2D eigenvalue weighted by atomic mass is 16.5. The van der Waals surface area contributed by atoms with Crippen molar-refractivity contribution >= 4 is 11.9 Å². The second-order valence-corrected chi connectivity index (χ2v) is 4.13. The first-order chi connectivity index (χ1) is 8.63. The van der Waals surface area contributed by atoms with E-state index in [1.54, 1.807) is 0 Å². The lowest BCUT2D eigenvalue weighted by Gasteiger charge is -2.26. The molecule has 1 unspecified atom stereocenters. The number of carbonyl (C=O) groups excluding carboxylic acids is 1. The fourth-order valence-corrected chi connectivity index (χ4v) is 1.75. The SMILES string of the molecule is COCCN(CC(=O)O)C(=O)CC1COCCN1. The predicted molar refractivity (Wildman–Crippen MR) is 63.3 cm³/mol. The van der Waals surface area contributed by atoms with E-state index >= 15 is 0 Å². The standard InChI is InChI=1S/C11H20N2O5/c1-17-5-3-13(7-11(15)16)10(14)6-9-8-18-4-2-12-9/h9,12H,2-8H2,1H3,(H,15,16). The molecule has 1 aliphatic rings. The van der Waals surface area contributed by atoms with Crippen molar-refractivity contribution in [3.8, 4) is 0 Å². The zero-order chi connectivity index (χ0) is 13.4. The Morgan fingerprint density at radius 2 is 2.33 bits per heavy atom. The molecule has 1 saturated heterocycles. The fraction of sp³-hybridized carbons (Fsp3) is 0.818. The number of carboxylic acids is 1. The molecule has 0 aliphatic carbocycles. The van der Waals surface area contributed by atoms with Crippen LogP contribution in [-0.2, 0) is 19.1 Å². The summed E-state index contributed by atoms with van der Waals surface area (Å²) in [4.78, 5) is 24.0. The third-order valence-electron chi connectivity index (χ3n) is 2.66. The molecule has 7 nitrogen and oxygen atoms in total. The lowest BCUT2D eigenvalue weighted by molar-refractivity contribution is -0.145. The largest absolute Gasteiger partial charge is 0.480 e. The Hall–Kier alpha value is -1.18. The zero-order valence-electron chi connectivity index (χ0n) is 10.6. The predicted octanol–water partition coefficient (Wildman–Crippen LogP) is -1.08. The smallest absolute Gasteiger partial charge is 0.323 e. The van der Waals surface area contributed by atoms with Crippen LogP contribution in [0.3, 0.4) is 0 Å². The van der Waals surface area contributed by atoms with Crippen molar-refractivity contribution in [3.63, 3.8) is 0 Å². The molecule has 1 aliphatic heterocycles. The van der Waals surface area contributed by atoms with Crippen molar-refractivity contribution in [3.05, 3.63) is 0 Å². The summed E-state index contributed by atoms with van der Waals surface area (Å²) in [6.07, 6.45) is 0.247. The van der Waals surface area contributed by atoms with Crippen molar-refractivity contribution < 1.29 is 24.2 Å². The number of rotatable bonds is 7. The summed E-state index contributed by atoms with van der Waals surface area (Å²) in [6, 6.07) is -0.0370. The van der Waals surface area contributed by atoms with Crippen molar-refractivity contribution in [1.82, 2.24) is 10.2 Å². The number of methoxy groups -OCH3 is 1. The average Bonchev–Trinajstić information content (AvgIpc) is 2.35. The van der Waals surface area contributed by atoms with Crippen LogP contribution in [0, 0.1) is 0 Å². The van der Waals surface area contributed by atoms with Crippen LogP contribution in [0.4, 0.5) is 0 Å². The Kier molecular flexibility index (Phi) is 6.63. The van der Waals surface area contributed by atoms with E-state index in [4.69, 9.17) is 14.6 Å². The maximum atomic E-state index is 12.0. The number of morpholine rings is 1. The van der Waals surface area contributed by atoms with Crippen molar-refractivity contribution in [2.24, 2.45) is 0 Å². The van der Waals surface area contributed by atoms with Gasteiger partial charge >= 0.3 is 5.97 Å². The zero-order valence-corrected chi connectivity index (χ0v) is 10.6. The van der Waals surface area contributed by atoms with Crippen LogP contribution < -0.4 is 5.32 Å². The summed E-state index contributed by atoms with van der Waals surface area (Å²) in [5.41, 5.74) is 0. The summed E-state index contributed by atoms with van der Waals surface area (Å²) in [5.74, 6) is -1.22. The molecule has 1 atom stereocenters. The molecule has 0 saturated carbocycles. The van der Waals surface area contributed by atoms with Gasteiger partial charge in [-0.1, -0.05) is 0 Å². The summed E-state index contributed by atoms with van der Waals surface area (Å²) in [6.45, 7) is 2.16. The third-order valence-corrected chi connectivity index (χ3v) is 2.66. The van der Waals surface area contributed by atoms with Gasteiger partial charge in [-0.2, -0.15) is 0 Å². The molecular formula is C11H20N2O5. The molecule has 0 bridgehead atoms. The van der Waals surface area contributed by atoms with E-state index in [2.05, 4.69) is 5.32 Å². The molecule has 0 aromatic rings. The minimum Gasteiger partial charge on any atom is -0.480 e. The van der Waals surface area contributed by atoms with Crippen molar-refractivity contribution in [1.29, 1.82) is 0 Å². The minimum absolute atomic E-state index is 0.0370. The van der Waals surface area contributed by atoms with E-state index in [0.717, 1.165) is 6.54 Å². The van der Waals surface area contributed by atoms with Gasteiger partial charge in [-0.25, -0.2) is 0 Å². The van der Waals surface area contributed by atoms with E-state index in [1.807, 2.05) is 0 Å². The molecule has 1 amide bonds. The van der Waals surface area contributed by atoms with Crippen molar-refractivity contribution in [2.75, 3.05) is 46.6 Å². The number of carboxylic acid groups (broad SMARTS) is 1. The molecule has 0 aromatic carbocycles. The van der Waals surface area contributed by atoms with Crippen LogP contribution in [0.2, 0.25) is 0 Å². The summed E-state index contributed by atoms with van der Waals surface area (Å²) >= 11 is 0. The van der Waals surface area contributed by atoms with E-state index in [1.165, 1.54) is 12.0 Å². The monoisotopic (exact) mass is 260 g/mol. The molecule has 0 radical (unpaired) electrons. The van der Waals surface area contributed by atoms with Crippen LogP contribution in [0.25, 0.3) is 0 Å². The minimum atomic E-state index is -1.02. The number of ether oxygens (including phenoxy) is 2. The summed E-state index contributed by atoms with van der Waals surface area (Å²) < 4.78 is 10.1. The number of nitrogens with one attached hydrogen (secondary N) is 1. The molecule has 104 valence electrons. The van der Waals surface area contributed by atoms with Gasteiger partial charge in [0.1, 0.15) is 6.54 Å². The van der Waals surface area contributed by atoms with Crippen LogP contribution >= 0.6 is 0 Å². The first-order valence-corrected chi connectivity index (χ1v) is 5.93. The summed E-state index contributed by atoms with van der Waals surface area (Å²) in [7, 11) is 1.51. The van der Waals surface area contributed by atoms with Gasteiger partial charge in [0.2, 0.25) is 5.91 Å². The van der Waals surface area contributed by atoms with Crippen LogP contribution in [0.15, 0.2) is 0 Å². The second-order valence-electron chi connectivity index (χ2n) is 4.13. The molecule has 18 heavy (non-hydrogen) atoms. The number of amides is 1.